The van der Waals surface area contributed by atoms with Crippen LogP contribution in [-0.4, -0.2) is 27.1 Å². The number of nitrogens with zero attached hydrogens (tertiary/aromatic N) is 2. The van der Waals surface area contributed by atoms with Gasteiger partial charge in [0.15, 0.2) is 0 Å². The van der Waals surface area contributed by atoms with Crippen LogP contribution in [0.4, 0.5) is 5.69 Å². The largest absolute Gasteiger partial charge is 0.314 e. The lowest BCUT2D eigenvalue weighted by Crippen LogP contribution is -2.39. The topological polar surface area (TPSA) is 78.8 Å². The van der Waals surface area contributed by atoms with E-state index in [9.17, 15) is 13.2 Å². The fourth-order valence-electron chi connectivity index (χ4n) is 3.78. The number of rotatable bonds is 3. The predicted octanol–water partition coefficient (Wildman–Crippen LogP) is 2.89. The average molecular weight is 395 g/mol. The third kappa shape index (κ3) is 2.92. The van der Waals surface area contributed by atoms with E-state index in [2.05, 4.69) is 9.93 Å². The highest BCUT2D eigenvalue weighted by molar-refractivity contribution is 7.89. The van der Waals surface area contributed by atoms with E-state index in [0.717, 1.165) is 16.8 Å². The van der Waals surface area contributed by atoms with Gasteiger partial charge in [-0.2, -0.15) is 18.4 Å². The van der Waals surface area contributed by atoms with Crippen molar-refractivity contribution in [1.82, 2.24) is 4.83 Å². The van der Waals surface area contributed by atoms with Gasteiger partial charge >= 0.3 is 0 Å². The molecule has 1 heterocycles. The number of hydrogen-bond donors (Lipinski definition) is 1. The summed E-state index contributed by atoms with van der Waals surface area (Å²) in [6.45, 7) is 1.90. The van der Waals surface area contributed by atoms with Crippen molar-refractivity contribution in [2.75, 3.05) is 11.9 Å². The highest BCUT2D eigenvalue weighted by atomic mass is 32.2. The van der Waals surface area contributed by atoms with E-state index in [-0.39, 0.29) is 10.8 Å². The highest BCUT2D eigenvalue weighted by Crippen LogP contribution is 2.46. The first-order valence-electron chi connectivity index (χ1n) is 9.05. The van der Waals surface area contributed by atoms with Crippen LogP contribution in [-0.2, 0) is 20.2 Å². The second-order valence-corrected chi connectivity index (χ2v) is 8.86. The zero-order valence-corrected chi connectivity index (χ0v) is 16.5. The van der Waals surface area contributed by atoms with E-state index >= 15 is 0 Å². The lowest BCUT2D eigenvalue weighted by Gasteiger charge is -2.28. The smallest absolute Gasteiger partial charge is 0.276 e. The average Bonchev–Trinajstić information content (AvgIpc) is 2.91. The number of likely N-dealkylation sites (N-methyl/N-ethyl adjacent to an activating group) is 1. The molecule has 2 aliphatic rings. The van der Waals surface area contributed by atoms with Crippen LogP contribution in [0.15, 0.2) is 70.7 Å². The second-order valence-electron chi connectivity index (χ2n) is 7.20. The minimum atomic E-state index is -3.72. The number of nitrogens with one attached hydrogen (secondary N) is 1. The Balaban J connectivity index is 1.58. The summed E-state index contributed by atoms with van der Waals surface area (Å²) in [5.74, 6) is 0.0317. The summed E-state index contributed by atoms with van der Waals surface area (Å²) in [6, 6.07) is 14.3. The molecule has 0 bridgehead atoms. The van der Waals surface area contributed by atoms with Crippen molar-refractivity contribution in [3.05, 3.63) is 71.8 Å². The maximum atomic E-state index is 12.9. The summed E-state index contributed by atoms with van der Waals surface area (Å²) in [5.41, 5.74) is 2.79. The molecule has 1 spiro atoms. The fourth-order valence-corrected chi connectivity index (χ4v) is 4.62. The van der Waals surface area contributed by atoms with Gasteiger partial charge in [0.05, 0.1) is 16.0 Å². The molecule has 144 valence electrons. The lowest BCUT2D eigenvalue weighted by molar-refractivity contribution is -0.121. The summed E-state index contributed by atoms with van der Waals surface area (Å²) >= 11 is 0. The minimum absolute atomic E-state index is 0.0317. The Bertz CT molecular complexity index is 1100. The van der Waals surface area contributed by atoms with Gasteiger partial charge in [-0.3, -0.25) is 4.79 Å². The zero-order chi connectivity index (χ0) is 19.9. The van der Waals surface area contributed by atoms with Gasteiger partial charge in [0.25, 0.3) is 10.0 Å². The van der Waals surface area contributed by atoms with Crippen molar-refractivity contribution in [3.63, 3.8) is 0 Å². The number of aryl methyl sites for hydroxylation is 1. The second kappa shape index (κ2) is 6.60. The van der Waals surface area contributed by atoms with E-state index in [1.54, 1.807) is 42.3 Å². The van der Waals surface area contributed by atoms with Gasteiger partial charge in [-0.15, -0.1) is 0 Å². The van der Waals surface area contributed by atoms with Crippen LogP contribution in [0.25, 0.3) is 0 Å². The van der Waals surface area contributed by atoms with Crippen LogP contribution in [0, 0.1) is 6.92 Å². The van der Waals surface area contributed by atoms with Crippen LogP contribution < -0.4 is 9.73 Å². The van der Waals surface area contributed by atoms with Crippen molar-refractivity contribution in [2.24, 2.45) is 5.10 Å². The van der Waals surface area contributed by atoms with E-state index in [4.69, 9.17) is 0 Å². The maximum absolute atomic E-state index is 12.9. The molecule has 1 aliphatic carbocycles. The van der Waals surface area contributed by atoms with E-state index < -0.39 is 15.4 Å². The normalized spacial score (nSPS) is 22.7. The number of hydrazone groups is 1. The number of carbonyl (C=O) groups is 1. The van der Waals surface area contributed by atoms with Gasteiger partial charge in [-0.1, -0.05) is 42.0 Å². The predicted molar refractivity (Wildman–Crippen MR) is 109 cm³/mol. The summed E-state index contributed by atoms with van der Waals surface area (Å²) < 4.78 is 24.8. The number of anilines is 1. The first-order chi connectivity index (χ1) is 13.3. The van der Waals surface area contributed by atoms with E-state index in [1.807, 2.05) is 37.3 Å². The van der Waals surface area contributed by atoms with Crippen molar-refractivity contribution in [3.8, 4) is 0 Å². The Morgan fingerprint density at radius 1 is 1.11 bits per heavy atom. The molecule has 6 nitrogen and oxygen atoms in total. The van der Waals surface area contributed by atoms with Crippen molar-refractivity contribution in [2.45, 2.75) is 30.1 Å². The summed E-state index contributed by atoms with van der Waals surface area (Å²) in [6.07, 6.45) is 4.64. The molecule has 0 unspecified atom stereocenters. The lowest BCUT2D eigenvalue weighted by atomic mass is 9.74. The third-order valence-corrected chi connectivity index (χ3v) is 6.63. The van der Waals surface area contributed by atoms with E-state index in [1.165, 1.54) is 0 Å². The third-order valence-electron chi connectivity index (χ3n) is 5.41. The van der Waals surface area contributed by atoms with Crippen molar-refractivity contribution < 1.29 is 13.2 Å². The highest BCUT2D eigenvalue weighted by Gasteiger charge is 2.48. The van der Waals surface area contributed by atoms with Crippen LogP contribution in [0.3, 0.4) is 0 Å². The van der Waals surface area contributed by atoms with E-state index in [0.29, 0.717) is 18.6 Å². The SMILES string of the molecule is Cc1ccc(S(=O)(=O)N/N=C2\C=C[C@]3(CC2)C(=O)N(C)c2ccccc23)cc1. The van der Waals surface area contributed by atoms with Gasteiger partial charge < -0.3 is 4.90 Å². The molecule has 0 radical (unpaired) electrons. The van der Waals surface area contributed by atoms with Crippen LogP contribution in [0.1, 0.15) is 24.0 Å². The van der Waals surface area contributed by atoms with Crippen LogP contribution in [0.5, 0.6) is 0 Å². The number of para-hydroxylation sites is 1. The molecule has 2 aromatic carbocycles. The molecule has 28 heavy (non-hydrogen) atoms. The molecular formula is C21H21N3O3S. The molecule has 0 saturated carbocycles. The monoisotopic (exact) mass is 395 g/mol. The van der Waals surface area contributed by atoms with Gasteiger partial charge in [0, 0.05) is 12.7 Å². The number of fused-ring (bicyclic) bond motifs is 2. The van der Waals surface area contributed by atoms with Crippen molar-refractivity contribution >= 4 is 27.3 Å². The number of hydrogen-bond acceptors (Lipinski definition) is 4. The summed E-state index contributed by atoms with van der Waals surface area (Å²) in [5, 5.41) is 4.08. The molecule has 0 saturated heterocycles. The van der Waals surface area contributed by atoms with Crippen LogP contribution in [0.2, 0.25) is 0 Å². The zero-order valence-electron chi connectivity index (χ0n) is 15.7. The Morgan fingerprint density at radius 2 is 1.82 bits per heavy atom. The Labute approximate surface area is 164 Å². The molecule has 1 amide bonds. The van der Waals surface area contributed by atoms with Gasteiger partial charge in [0.1, 0.15) is 0 Å². The fraction of sp³-hybridized carbons (Fsp3) is 0.238. The molecule has 1 N–H and O–H groups in total. The molecule has 0 aromatic heterocycles. The quantitative estimate of drug-likeness (QED) is 0.812. The van der Waals surface area contributed by atoms with Gasteiger partial charge in [-0.25, -0.2) is 0 Å². The van der Waals surface area contributed by atoms with Gasteiger partial charge in [-0.05, 0) is 49.6 Å². The first-order valence-corrected chi connectivity index (χ1v) is 10.5. The number of carbonyl (C=O) groups excluding carboxylic acids is 1. The summed E-state index contributed by atoms with van der Waals surface area (Å²) in [4.78, 5) is 17.0. The molecule has 1 aliphatic heterocycles. The molecule has 0 fully saturated rings. The molecular weight excluding hydrogens is 374 g/mol. The molecule has 4 rings (SSSR count). The maximum Gasteiger partial charge on any atom is 0.276 e. The Kier molecular flexibility index (Phi) is 4.34. The molecule has 7 heteroatoms. The minimum Gasteiger partial charge on any atom is -0.314 e. The number of sulfonamides is 1. The van der Waals surface area contributed by atoms with Gasteiger partial charge in [0.2, 0.25) is 5.91 Å². The summed E-state index contributed by atoms with van der Waals surface area (Å²) in [7, 11) is -1.94. The molecule has 1 atom stereocenters. The number of amides is 1. The molecule has 2 aromatic rings. The van der Waals surface area contributed by atoms with Crippen LogP contribution >= 0.6 is 0 Å². The van der Waals surface area contributed by atoms with Crippen molar-refractivity contribution in [1.29, 1.82) is 0 Å². The Morgan fingerprint density at radius 3 is 2.50 bits per heavy atom. The first kappa shape index (κ1) is 18.4. The Hall–Kier alpha value is -2.93. The number of allylic oxidation sites excluding steroid dienone is 1. The number of benzene rings is 2. The standard InChI is InChI=1S/C21H21N3O3S/c1-15-7-9-17(10-8-15)28(26,27)23-22-16-11-13-21(14-12-16)18-5-3-4-6-19(18)24(2)20(21)25/h3-11,13,23H,12,14H2,1-2H3/b22-16+/t21-/m1/s1.